The molecule has 0 atom stereocenters. The number of ether oxygens (including phenoxy) is 2. The Morgan fingerprint density at radius 1 is 1.17 bits per heavy atom. The fourth-order valence-corrected chi connectivity index (χ4v) is 2.70. The molecule has 0 bridgehead atoms. The lowest BCUT2D eigenvalue weighted by Gasteiger charge is -2.29. The number of aliphatic imine (C=N–C) groups is 1. The van der Waals surface area contributed by atoms with Crippen molar-refractivity contribution in [2.24, 2.45) is 4.99 Å². The molecule has 24 heavy (non-hydrogen) atoms. The SMILES string of the molecule is CCOc1cccc(C=Nc2ccccc2N2CCOCC2)c1O. The summed E-state index contributed by atoms with van der Waals surface area (Å²) in [6.45, 7) is 5.58. The summed E-state index contributed by atoms with van der Waals surface area (Å²) >= 11 is 0. The van der Waals surface area contributed by atoms with Gasteiger partial charge in [0.15, 0.2) is 11.5 Å². The zero-order valence-electron chi connectivity index (χ0n) is 13.8. The highest BCUT2D eigenvalue weighted by molar-refractivity contribution is 5.88. The third-order valence-corrected chi connectivity index (χ3v) is 3.91. The van der Waals surface area contributed by atoms with Crippen LogP contribution in [0.25, 0.3) is 0 Å². The highest BCUT2D eigenvalue weighted by Gasteiger charge is 2.14. The van der Waals surface area contributed by atoms with E-state index in [4.69, 9.17) is 9.47 Å². The van der Waals surface area contributed by atoms with E-state index in [1.165, 1.54) is 0 Å². The Hall–Kier alpha value is -2.53. The van der Waals surface area contributed by atoms with Gasteiger partial charge in [-0.1, -0.05) is 18.2 Å². The van der Waals surface area contributed by atoms with Crippen molar-refractivity contribution in [3.63, 3.8) is 0 Å². The summed E-state index contributed by atoms with van der Waals surface area (Å²) in [5.41, 5.74) is 2.59. The summed E-state index contributed by atoms with van der Waals surface area (Å²) < 4.78 is 10.8. The van der Waals surface area contributed by atoms with Crippen molar-refractivity contribution in [2.75, 3.05) is 37.8 Å². The lowest BCUT2D eigenvalue weighted by molar-refractivity contribution is 0.123. The number of phenols is 1. The average molecular weight is 326 g/mol. The summed E-state index contributed by atoms with van der Waals surface area (Å²) in [7, 11) is 0. The molecule has 3 rings (SSSR count). The maximum Gasteiger partial charge on any atom is 0.166 e. The highest BCUT2D eigenvalue weighted by Crippen LogP contribution is 2.31. The number of anilines is 1. The molecule has 1 aliphatic rings. The van der Waals surface area contributed by atoms with E-state index in [2.05, 4.69) is 16.0 Å². The van der Waals surface area contributed by atoms with Crippen molar-refractivity contribution in [1.29, 1.82) is 0 Å². The number of aromatic hydroxyl groups is 1. The topological polar surface area (TPSA) is 54.3 Å². The van der Waals surface area contributed by atoms with Crippen molar-refractivity contribution in [3.8, 4) is 11.5 Å². The number of hydrogen-bond acceptors (Lipinski definition) is 5. The number of benzene rings is 2. The molecule has 1 heterocycles. The van der Waals surface area contributed by atoms with Gasteiger partial charge >= 0.3 is 0 Å². The van der Waals surface area contributed by atoms with E-state index in [1.807, 2.05) is 37.3 Å². The van der Waals surface area contributed by atoms with Gasteiger partial charge in [-0.05, 0) is 31.2 Å². The standard InChI is InChI=1S/C19H22N2O3/c1-2-24-18-9-5-6-15(19(18)22)14-20-16-7-3-4-8-17(16)21-10-12-23-13-11-21/h3-9,14,22H,2,10-13H2,1H3. The van der Waals surface area contributed by atoms with Gasteiger partial charge in [0.25, 0.3) is 0 Å². The Balaban J connectivity index is 1.86. The van der Waals surface area contributed by atoms with Gasteiger partial charge in [0.2, 0.25) is 0 Å². The highest BCUT2D eigenvalue weighted by atomic mass is 16.5. The van der Waals surface area contributed by atoms with Crippen molar-refractivity contribution < 1.29 is 14.6 Å². The van der Waals surface area contributed by atoms with Crippen LogP contribution in [0.15, 0.2) is 47.5 Å². The average Bonchev–Trinajstić information content (AvgIpc) is 2.64. The van der Waals surface area contributed by atoms with Crippen LogP contribution in [0.4, 0.5) is 11.4 Å². The molecule has 0 amide bonds. The summed E-state index contributed by atoms with van der Waals surface area (Å²) in [6.07, 6.45) is 1.68. The quantitative estimate of drug-likeness (QED) is 0.856. The fourth-order valence-electron chi connectivity index (χ4n) is 2.70. The monoisotopic (exact) mass is 326 g/mol. The van der Waals surface area contributed by atoms with Gasteiger partial charge in [-0.25, -0.2) is 0 Å². The number of phenolic OH excluding ortho intramolecular Hbond substituents is 1. The Bertz CT molecular complexity index is 710. The lowest BCUT2D eigenvalue weighted by Crippen LogP contribution is -2.36. The minimum atomic E-state index is 0.118. The van der Waals surface area contributed by atoms with Gasteiger partial charge in [0.1, 0.15) is 0 Å². The van der Waals surface area contributed by atoms with Crippen LogP contribution in [0, 0.1) is 0 Å². The van der Waals surface area contributed by atoms with Crippen LogP contribution in [0.3, 0.4) is 0 Å². The Morgan fingerprint density at radius 3 is 2.75 bits per heavy atom. The molecule has 0 aliphatic carbocycles. The van der Waals surface area contributed by atoms with Crippen LogP contribution in [-0.2, 0) is 4.74 Å². The van der Waals surface area contributed by atoms with Gasteiger partial charge in [0, 0.05) is 24.9 Å². The third-order valence-electron chi connectivity index (χ3n) is 3.91. The smallest absolute Gasteiger partial charge is 0.166 e. The van der Waals surface area contributed by atoms with E-state index < -0.39 is 0 Å². The molecule has 0 radical (unpaired) electrons. The molecule has 2 aromatic carbocycles. The molecule has 2 aromatic rings. The lowest BCUT2D eigenvalue weighted by atomic mass is 10.2. The molecule has 1 fully saturated rings. The molecule has 1 saturated heterocycles. The van der Waals surface area contributed by atoms with Crippen LogP contribution >= 0.6 is 0 Å². The predicted molar refractivity (Wildman–Crippen MR) is 96.0 cm³/mol. The van der Waals surface area contributed by atoms with Crippen LogP contribution in [0.2, 0.25) is 0 Å². The van der Waals surface area contributed by atoms with Crippen molar-refractivity contribution in [3.05, 3.63) is 48.0 Å². The van der Waals surface area contributed by atoms with Crippen molar-refractivity contribution in [1.82, 2.24) is 0 Å². The Morgan fingerprint density at radius 2 is 1.96 bits per heavy atom. The maximum atomic E-state index is 10.3. The van der Waals surface area contributed by atoms with Gasteiger partial charge in [-0.15, -0.1) is 0 Å². The second-order valence-electron chi connectivity index (χ2n) is 5.47. The van der Waals surface area contributed by atoms with Crippen LogP contribution < -0.4 is 9.64 Å². The van der Waals surface area contributed by atoms with E-state index in [-0.39, 0.29) is 5.75 Å². The third kappa shape index (κ3) is 3.68. The Labute approximate surface area is 142 Å². The number of rotatable bonds is 5. The fraction of sp³-hybridized carbons (Fsp3) is 0.316. The molecule has 0 unspecified atom stereocenters. The Kier molecular flexibility index (Phi) is 5.33. The normalized spacial score (nSPS) is 15.0. The first-order chi connectivity index (χ1) is 11.8. The molecule has 5 nitrogen and oxygen atoms in total. The molecule has 5 heteroatoms. The summed E-state index contributed by atoms with van der Waals surface area (Å²) in [5, 5.41) is 10.3. The summed E-state index contributed by atoms with van der Waals surface area (Å²) in [4.78, 5) is 6.86. The molecule has 1 N–H and O–H groups in total. The minimum Gasteiger partial charge on any atom is -0.504 e. The maximum absolute atomic E-state index is 10.3. The van der Waals surface area contributed by atoms with Gasteiger partial charge in [0.05, 0.1) is 31.2 Å². The number of morpholine rings is 1. The minimum absolute atomic E-state index is 0.118. The molecule has 0 aromatic heterocycles. The first-order valence-corrected chi connectivity index (χ1v) is 8.20. The van der Waals surface area contributed by atoms with Crippen LogP contribution in [0.1, 0.15) is 12.5 Å². The first kappa shape index (κ1) is 16.3. The van der Waals surface area contributed by atoms with E-state index >= 15 is 0 Å². The number of para-hydroxylation sites is 3. The second-order valence-corrected chi connectivity index (χ2v) is 5.47. The van der Waals surface area contributed by atoms with Gasteiger partial charge in [-0.3, -0.25) is 4.99 Å². The summed E-state index contributed by atoms with van der Waals surface area (Å²) in [5.74, 6) is 0.592. The van der Waals surface area contributed by atoms with Gasteiger partial charge < -0.3 is 19.5 Å². The summed E-state index contributed by atoms with van der Waals surface area (Å²) in [6, 6.07) is 13.4. The predicted octanol–water partition coefficient (Wildman–Crippen LogP) is 3.38. The zero-order chi connectivity index (χ0) is 16.8. The first-order valence-electron chi connectivity index (χ1n) is 8.20. The molecular formula is C19H22N2O3. The second kappa shape index (κ2) is 7.84. The number of nitrogens with zero attached hydrogens (tertiary/aromatic N) is 2. The van der Waals surface area contributed by atoms with Crippen LogP contribution in [0.5, 0.6) is 11.5 Å². The molecule has 1 aliphatic heterocycles. The zero-order valence-corrected chi connectivity index (χ0v) is 13.8. The van der Waals surface area contributed by atoms with Gasteiger partial charge in [-0.2, -0.15) is 0 Å². The van der Waals surface area contributed by atoms with Crippen molar-refractivity contribution >= 4 is 17.6 Å². The van der Waals surface area contributed by atoms with E-state index in [1.54, 1.807) is 12.3 Å². The molecule has 0 spiro atoms. The molecular weight excluding hydrogens is 304 g/mol. The molecule has 126 valence electrons. The van der Waals surface area contributed by atoms with E-state index in [9.17, 15) is 5.11 Å². The van der Waals surface area contributed by atoms with E-state index in [0.717, 1.165) is 37.7 Å². The largest absolute Gasteiger partial charge is 0.504 e. The van der Waals surface area contributed by atoms with Crippen molar-refractivity contribution in [2.45, 2.75) is 6.92 Å². The van der Waals surface area contributed by atoms with E-state index in [0.29, 0.717) is 17.9 Å². The number of hydrogen-bond donors (Lipinski definition) is 1. The van der Waals surface area contributed by atoms with Crippen LogP contribution in [-0.4, -0.2) is 44.2 Å². The molecule has 0 saturated carbocycles.